The van der Waals surface area contributed by atoms with Gasteiger partial charge in [0.25, 0.3) is 5.91 Å². The molecule has 0 aliphatic heterocycles. The summed E-state index contributed by atoms with van der Waals surface area (Å²) in [6, 6.07) is 27.2. The van der Waals surface area contributed by atoms with Crippen LogP contribution in [0.15, 0.2) is 84.9 Å². The number of carbonyl (C=O) groups excluding carboxylic acids is 2. The third kappa shape index (κ3) is 5.55. The van der Waals surface area contributed by atoms with Gasteiger partial charge in [-0.3, -0.25) is 9.59 Å². The summed E-state index contributed by atoms with van der Waals surface area (Å²) < 4.78 is 5.37. The number of carbonyl (C=O) groups is 2. The summed E-state index contributed by atoms with van der Waals surface area (Å²) in [4.78, 5) is 24.9. The van der Waals surface area contributed by atoms with E-state index in [0.717, 1.165) is 16.7 Å². The van der Waals surface area contributed by atoms with Crippen LogP contribution in [0.2, 0.25) is 0 Å². The minimum atomic E-state index is -0.880. The topological polar surface area (TPSA) is 55.4 Å². The zero-order valence-corrected chi connectivity index (χ0v) is 16.7. The Kier molecular flexibility index (Phi) is 6.80. The molecular weight excluding hydrogens is 362 g/mol. The van der Waals surface area contributed by atoms with Gasteiger partial charge in [0.15, 0.2) is 6.10 Å². The summed E-state index contributed by atoms with van der Waals surface area (Å²) in [6.45, 7) is 3.56. The zero-order valence-electron chi connectivity index (χ0n) is 16.7. The molecule has 0 aliphatic carbocycles. The molecule has 0 radical (unpaired) electrons. The molecule has 3 rings (SSSR count). The fourth-order valence-corrected chi connectivity index (χ4v) is 3.14. The van der Waals surface area contributed by atoms with Gasteiger partial charge in [-0.15, -0.1) is 0 Å². The lowest BCUT2D eigenvalue weighted by molar-refractivity contribution is -0.153. The molecule has 148 valence electrons. The molecule has 3 aromatic carbocycles. The molecule has 0 aromatic heterocycles. The first-order chi connectivity index (χ1) is 14.0. The van der Waals surface area contributed by atoms with Gasteiger partial charge in [0.1, 0.15) is 0 Å². The van der Waals surface area contributed by atoms with E-state index >= 15 is 0 Å². The molecule has 1 amide bonds. The van der Waals surface area contributed by atoms with Crippen LogP contribution >= 0.6 is 0 Å². The minimum Gasteiger partial charge on any atom is -0.453 e. The summed E-state index contributed by atoms with van der Waals surface area (Å²) in [5.74, 6) is -0.716. The first-order valence-corrected chi connectivity index (χ1v) is 9.74. The highest BCUT2D eigenvalue weighted by Crippen LogP contribution is 2.27. The Bertz CT molecular complexity index is 954. The van der Waals surface area contributed by atoms with Gasteiger partial charge < -0.3 is 10.1 Å². The van der Waals surface area contributed by atoms with Crippen LogP contribution in [0.25, 0.3) is 11.1 Å². The largest absolute Gasteiger partial charge is 0.453 e. The van der Waals surface area contributed by atoms with Crippen molar-refractivity contribution in [3.05, 3.63) is 90.5 Å². The molecule has 4 nitrogen and oxygen atoms in total. The van der Waals surface area contributed by atoms with Crippen molar-refractivity contribution < 1.29 is 14.3 Å². The van der Waals surface area contributed by atoms with Crippen LogP contribution in [0.5, 0.6) is 0 Å². The molecule has 0 spiro atoms. The van der Waals surface area contributed by atoms with E-state index in [1.807, 2.05) is 91.9 Å². The summed E-state index contributed by atoms with van der Waals surface area (Å²) in [5.41, 5.74) is 3.67. The summed E-state index contributed by atoms with van der Waals surface area (Å²) in [5, 5.41) is 2.88. The molecule has 2 atom stereocenters. The van der Waals surface area contributed by atoms with Gasteiger partial charge in [-0.2, -0.15) is 0 Å². The molecule has 0 saturated carbocycles. The summed E-state index contributed by atoms with van der Waals surface area (Å²) in [7, 11) is 0. The Morgan fingerprint density at radius 3 is 2.10 bits per heavy atom. The lowest BCUT2D eigenvalue weighted by Gasteiger charge is -2.17. The number of esters is 1. The van der Waals surface area contributed by atoms with E-state index in [0.29, 0.717) is 5.69 Å². The van der Waals surface area contributed by atoms with Crippen molar-refractivity contribution in [1.29, 1.82) is 0 Å². The predicted molar refractivity (Wildman–Crippen MR) is 116 cm³/mol. The zero-order chi connectivity index (χ0) is 20.6. The highest BCUT2D eigenvalue weighted by atomic mass is 16.5. The number of amides is 1. The number of hydrogen-bond acceptors (Lipinski definition) is 3. The van der Waals surface area contributed by atoms with Crippen molar-refractivity contribution >= 4 is 17.6 Å². The Hall–Kier alpha value is -3.40. The quantitative estimate of drug-likeness (QED) is 0.551. The second kappa shape index (κ2) is 9.69. The lowest BCUT2D eigenvalue weighted by atomic mass is 9.98. The van der Waals surface area contributed by atoms with Gasteiger partial charge in [0.05, 0.1) is 6.42 Å². The molecular formula is C25H25NO3. The summed E-state index contributed by atoms with van der Waals surface area (Å²) in [6.07, 6.45) is -0.656. The number of ether oxygens (including phenoxy) is 1. The molecule has 0 heterocycles. The van der Waals surface area contributed by atoms with Gasteiger partial charge in [-0.05, 0) is 30.0 Å². The van der Waals surface area contributed by atoms with Crippen LogP contribution in [0.1, 0.15) is 31.7 Å². The fourth-order valence-electron chi connectivity index (χ4n) is 3.14. The number of benzene rings is 3. The molecule has 0 bridgehead atoms. The molecule has 4 heteroatoms. The first kappa shape index (κ1) is 20.3. The second-order valence-corrected chi connectivity index (χ2v) is 7.05. The maximum atomic E-state index is 12.6. The molecule has 0 saturated heterocycles. The van der Waals surface area contributed by atoms with Gasteiger partial charge in [0, 0.05) is 11.3 Å². The molecule has 0 aliphatic rings. The number of nitrogens with one attached hydrogen (secondary N) is 1. The van der Waals surface area contributed by atoms with Crippen LogP contribution in [-0.2, 0) is 14.3 Å². The van der Waals surface area contributed by atoms with Crippen molar-refractivity contribution in [3.8, 4) is 11.1 Å². The monoisotopic (exact) mass is 387 g/mol. The Labute approximate surface area is 171 Å². The van der Waals surface area contributed by atoms with Gasteiger partial charge >= 0.3 is 5.97 Å². The third-order valence-electron chi connectivity index (χ3n) is 4.79. The van der Waals surface area contributed by atoms with Crippen LogP contribution in [-0.4, -0.2) is 18.0 Å². The van der Waals surface area contributed by atoms with Crippen LogP contribution in [0.3, 0.4) is 0 Å². The minimum absolute atomic E-state index is 0.0257. The van der Waals surface area contributed by atoms with Crippen LogP contribution in [0.4, 0.5) is 5.69 Å². The van der Waals surface area contributed by atoms with E-state index in [4.69, 9.17) is 4.74 Å². The number of anilines is 1. The SMILES string of the molecule is C[C@H](OC(=O)C[C@H](C)c1ccccc1)C(=O)Nc1ccccc1-c1ccccc1. The van der Waals surface area contributed by atoms with Crippen molar-refractivity contribution in [3.63, 3.8) is 0 Å². The van der Waals surface area contributed by atoms with Crippen molar-refractivity contribution in [2.75, 3.05) is 5.32 Å². The normalized spacial score (nSPS) is 12.6. The van der Waals surface area contributed by atoms with Crippen LogP contribution < -0.4 is 5.32 Å². The summed E-state index contributed by atoms with van der Waals surface area (Å²) >= 11 is 0. The smallest absolute Gasteiger partial charge is 0.307 e. The van der Waals surface area contributed by atoms with E-state index in [2.05, 4.69) is 5.32 Å². The average molecular weight is 387 g/mol. The van der Waals surface area contributed by atoms with Crippen molar-refractivity contribution in [2.24, 2.45) is 0 Å². The molecule has 29 heavy (non-hydrogen) atoms. The maximum Gasteiger partial charge on any atom is 0.307 e. The lowest BCUT2D eigenvalue weighted by Crippen LogP contribution is -2.30. The Balaban J connectivity index is 1.61. The third-order valence-corrected chi connectivity index (χ3v) is 4.79. The van der Waals surface area contributed by atoms with Gasteiger partial charge in [-0.25, -0.2) is 0 Å². The number of rotatable bonds is 7. The molecule has 0 fully saturated rings. The van der Waals surface area contributed by atoms with E-state index in [1.54, 1.807) is 6.92 Å². The highest BCUT2D eigenvalue weighted by Gasteiger charge is 2.21. The Morgan fingerprint density at radius 1 is 0.828 bits per heavy atom. The second-order valence-electron chi connectivity index (χ2n) is 7.05. The molecule has 0 unspecified atom stereocenters. The fraction of sp³-hybridized carbons (Fsp3) is 0.200. The van der Waals surface area contributed by atoms with E-state index in [9.17, 15) is 9.59 Å². The van der Waals surface area contributed by atoms with Crippen LogP contribution in [0, 0.1) is 0 Å². The molecule has 1 N–H and O–H groups in total. The van der Waals surface area contributed by atoms with E-state index in [-0.39, 0.29) is 24.2 Å². The Morgan fingerprint density at radius 2 is 1.41 bits per heavy atom. The highest BCUT2D eigenvalue weighted by molar-refractivity contribution is 5.98. The van der Waals surface area contributed by atoms with Gasteiger partial charge in [-0.1, -0.05) is 85.8 Å². The molecule has 3 aromatic rings. The van der Waals surface area contributed by atoms with Crippen molar-refractivity contribution in [2.45, 2.75) is 32.3 Å². The average Bonchev–Trinajstić information content (AvgIpc) is 2.75. The van der Waals surface area contributed by atoms with E-state index in [1.165, 1.54) is 0 Å². The predicted octanol–water partition coefficient (Wildman–Crippen LogP) is 5.42. The number of hydrogen-bond donors (Lipinski definition) is 1. The first-order valence-electron chi connectivity index (χ1n) is 9.74. The van der Waals surface area contributed by atoms with E-state index < -0.39 is 6.10 Å². The van der Waals surface area contributed by atoms with Gasteiger partial charge in [0.2, 0.25) is 0 Å². The maximum absolute atomic E-state index is 12.6. The van der Waals surface area contributed by atoms with Crippen molar-refractivity contribution in [1.82, 2.24) is 0 Å². The standard InChI is InChI=1S/C25H25NO3/c1-18(20-11-5-3-6-12-20)17-24(27)29-19(2)25(28)26-23-16-10-9-15-22(23)21-13-7-4-8-14-21/h3-16,18-19H,17H2,1-2H3,(H,26,28)/t18-,19-/m0/s1. The number of para-hydroxylation sites is 1.